The van der Waals surface area contributed by atoms with Gasteiger partial charge < -0.3 is 10.2 Å². The Morgan fingerprint density at radius 3 is 2.57 bits per heavy atom. The van der Waals surface area contributed by atoms with Crippen LogP contribution in [0.15, 0.2) is 53.4 Å². The predicted octanol–water partition coefficient (Wildman–Crippen LogP) is 4.59. The Bertz CT molecular complexity index is 1070. The summed E-state index contributed by atoms with van der Waals surface area (Å²) < 4.78 is 2.03. The maximum absolute atomic E-state index is 12.6. The van der Waals surface area contributed by atoms with Crippen LogP contribution in [-0.2, 0) is 19.5 Å². The zero-order chi connectivity index (χ0) is 19.5. The molecular weight excluding hydrogens is 388 g/mol. The van der Waals surface area contributed by atoms with Gasteiger partial charge in [-0.15, -0.1) is 22.7 Å². The molecule has 144 valence electrons. The van der Waals surface area contributed by atoms with Gasteiger partial charge in [0.05, 0.1) is 24.3 Å². The van der Waals surface area contributed by atoms with Gasteiger partial charge in [0.15, 0.2) is 0 Å². The van der Waals surface area contributed by atoms with E-state index in [4.69, 9.17) is 4.98 Å². The van der Waals surface area contributed by atoms with Gasteiger partial charge in [0.25, 0.3) is 5.91 Å². The number of carbonyl (C=O) groups is 1. The van der Waals surface area contributed by atoms with Gasteiger partial charge in [-0.05, 0) is 41.4 Å². The molecule has 0 saturated heterocycles. The van der Waals surface area contributed by atoms with Gasteiger partial charge in [-0.2, -0.15) is 0 Å². The zero-order valence-corrected chi connectivity index (χ0v) is 17.5. The molecule has 0 bridgehead atoms. The van der Waals surface area contributed by atoms with Crippen molar-refractivity contribution in [3.8, 4) is 0 Å². The number of rotatable bonds is 7. The molecule has 4 aromatic rings. The number of aromatic nitrogens is 2. The summed E-state index contributed by atoms with van der Waals surface area (Å²) in [6.45, 7) is 3.47. The van der Waals surface area contributed by atoms with E-state index in [0.29, 0.717) is 12.1 Å². The van der Waals surface area contributed by atoms with Crippen LogP contribution in [0.5, 0.6) is 0 Å². The molecule has 4 heterocycles. The summed E-state index contributed by atoms with van der Waals surface area (Å²) in [6, 6.07) is 12.0. The topological polar surface area (TPSA) is 49.6 Å². The monoisotopic (exact) mass is 410 g/mol. The molecule has 1 N–H and O–H groups in total. The van der Waals surface area contributed by atoms with Crippen molar-refractivity contribution >= 4 is 40.0 Å². The molecule has 4 rings (SSSR count). The van der Waals surface area contributed by atoms with Gasteiger partial charge in [-0.3, -0.25) is 9.20 Å². The largest absolute Gasteiger partial charge is 0.354 e. The second-order valence-electron chi connectivity index (χ2n) is 6.58. The van der Waals surface area contributed by atoms with Crippen molar-refractivity contribution in [1.29, 1.82) is 0 Å². The smallest absolute Gasteiger partial charge is 0.253 e. The van der Waals surface area contributed by atoms with Crippen LogP contribution in [0.4, 0.5) is 5.82 Å². The van der Waals surface area contributed by atoms with Crippen molar-refractivity contribution in [2.75, 3.05) is 11.9 Å². The molecule has 0 radical (unpaired) electrons. The van der Waals surface area contributed by atoms with E-state index < -0.39 is 0 Å². The SMILES string of the molecule is CCc1nc2ccc(C(=O)NCc3cccs3)cn2c1N(C)Cc1cccs1. The third-order valence-electron chi connectivity index (χ3n) is 4.60. The van der Waals surface area contributed by atoms with E-state index in [-0.39, 0.29) is 5.91 Å². The first-order valence-corrected chi connectivity index (χ1v) is 11.0. The summed E-state index contributed by atoms with van der Waals surface area (Å²) >= 11 is 3.39. The minimum Gasteiger partial charge on any atom is -0.354 e. The van der Waals surface area contributed by atoms with Crippen LogP contribution >= 0.6 is 22.7 Å². The molecule has 7 heteroatoms. The molecule has 0 fully saturated rings. The number of amides is 1. The van der Waals surface area contributed by atoms with Gasteiger partial charge in [0.2, 0.25) is 0 Å². The Balaban J connectivity index is 1.62. The third kappa shape index (κ3) is 3.81. The van der Waals surface area contributed by atoms with E-state index in [1.54, 1.807) is 22.7 Å². The molecule has 0 saturated carbocycles. The minimum atomic E-state index is -0.0751. The zero-order valence-electron chi connectivity index (χ0n) is 15.9. The Kier molecular flexibility index (Phi) is 5.45. The number of anilines is 1. The number of fused-ring (bicyclic) bond motifs is 1. The second kappa shape index (κ2) is 8.16. The molecule has 0 atom stereocenters. The highest BCUT2D eigenvalue weighted by Crippen LogP contribution is 2.25. The molecule has 0 aliphatic heterocycles. The molecule has 0 aliphatic rings. The molecular formula is C21H22N4OS2. The van der Waals surface area contributed by atoms with Crippen molar-refractivity contribution in [3.05, 3.63) is 74.4 Å². The maximum Gasteiger partial charge on any atom is 0.253 e. The van der Waals surface area contributed by atoms with Crippen LogP contribution < -0.4 is 10.2 Å². The minimum absolute atomic E-state index is 0.0751. The van der Waals surface area contributed by atoms with Crippen LogP contribution in [0.1, 0.15) is 32.7 Å². The molecule has 0 aromatic carbocycles. The molecule has 28 heavy (non-hydrogen) atoms. The highest BCUT2D eigenvalue weighted by molar-refractivity contribution is 7.10. The normalized spacial score (nSPS) is 11.1. The standard InChI is InChI=1S/C21H22N4OS2/c1-3-18-21(24(2)14-17-7-5-11-28-17)25-13-15(8-9-19(25)23-18)20(26)22-12-16-6-4-10-27-16/h4-11,13H,3,12,14H2,1-2H3,(H,22,26). The average Bonchev–Trinajstić information content (AvgIpc) is 3.45. The fourth-order valence-electron chi connectivity index (χ4n) is 3.25. The van der Waals surface area contributed by atoms with Crippen molar-refractivity contribution < 1.29 is 4.79 Å². The van der Waals surface area contributed by atoms with Crippen molar-refractivity contribution in [3.63, 3.8) is 0 Å². The number of aryl methyl sites for hydroxylation is 1. The van der Waals surface area contributed by atoms with Crippen molar-refractivity contribution in [2.45, 2.75) is 26.4 Å². The van der Waals surface area contributed by atoms with Crippen molar-refractivity contribution in [1.82, 2.24) is 14.7 Å². The van der Waals surface area contributed by atoms with E-state index in [2.05, 4.69) is 41.7 Å². The molecule has 4 aromatic heterocycles. The van der Waals surface area contributed by atoms with E-state index in [1.807, 2.05) is 40.2 Å². The third-order valence-corrected chi connectivity index (χ3v) is 6.34. The van der Waals surface area contributed by atoms with Crippen molar-refractivity contribution in [2.24, 2.45) is 0 Å². The quantitative estimate of drug-likeness (QED) is 0.485. The van der Waals surface area contributed by atoms with Gasteiger partial charge in [0.1, 0.15) is 11.5 Å². The highest BCUT2D eigenvalue weighted by Gasteiger charge is 2.17. The van der Waals surface area contributed by atoms with Crippen LogP contribution in [0.25, 0.3) is 5.65 Å². The molecule has 1 amide bonds. The van der Waals surface area contributed by atoms with Gasteiger partial charge in [-0.1, -0.05) is 19.1 Å². The lowest BCUT2D eigenvalue weighted by Gasteiger charge is -2.19. The van der Waals surface area contributed by atoms with Crippen LogP contribution in [0.2, 0.25) is 0 Å². The number of nitrogens with zero attached hydrogens (tertiary/aromatic N) is 3. The first-order valence-electron chi connectivity index (χ1n) is 9.20. The summed E-state index contributed by atoms with van der Waals surface area (Å²) in [5, 5.41) is 7.10. The molecule has 5 nitrogen and oxygen atoms in total. The van der Waals surface area contributed by atoms with Gasteiger partial charge >= 0.3 is 0 Å². The maximum atomic E-state index is 12.6. The van der Waals surface area contributed by atoms with Gasteiger partial charge in [-0.25, -0.2) is 4.98 Å². The van der Waals surface area contributed by atoms with E-state index in [0.717, 1.165) is 35.0 Å². The summed E-state index contributed by atoms with van der Waals surface area (Å²) in [4.78, 5) is 22.1. The van der Waals surface area contributed by atoms with Crippen LogP contribution in [-0.4, -0.2) is 22.3 Å². The summed E-state index contributed by atoms with van der Waals surface area (Å²) in [5.41, 5.74) is 2.53. The fourth-order valence-corrected chi connectivity index (χ4v) is 4.65. The number of pyridine rings is 1. The lowest BCUT2D eigenvalue weighted by Crippen LogP contribution is -2.23. The lowest BCUT2D eigenvalue weighted by molar-refractivity contribution is 0.0951. The number of carbonyl (C=O) groups excluding carboxylic acids is 1. The van der Waals surface area contributed by atoms with Gasteiger partial charge in [0, 0.05) is 23.0 Å². The Hall–Kier alpha value is -2.64. The fraction of sp³-hybridized carbons (Fsp3) is 0.238. The number of thiophene rings is 2. The molecule has 0 unspecified atom stereocenters. The Morgan fingerprint density at radius 2 is 1.89 bits per heavy atom. The lowest BCUT2D eigenvalue weighted by atomic mass is 10.2. The molecule has 0 aliphatic carbocycles. The first kappa shape index (κ1) is 18.7. The average molecular weight is 411 g/mol. The Morgan fingerprint density at radius 1 is 1.14 bits per heavy atom. The molecule has 0 spiro atoms. The number of imidazole rings is 1. The van der Waals surface area contributed by atoms with E-state index in [1.165, 1.54) is 4.88 Å². The van der Waals surface area contributed by atoms with E-state index in [9.17, 15) is 4.79 Å². The van der Waals surface area contributed by atoms with Crippen LogP contribution in [0.3, 0.4) is 0 Å². The first-order chi connectivity index (χ1) is 13.7. The summed E-state index contributed by atoms with van der Waals surface area (Å²) in [5.74, 6) is 0.965. The van der Waals surface area contributed by atoms with E-state index >= 15 is 0 Å². The summed E-state index contributed by atoms with van der Waals surface area (Å²) in [6.07, 6.45) is 2.73. The number of hydrogen-bond acceptors (Lipinski definition) is 5. The number of hydrogen-bond donors (Lipinski definition) is 1. The second-order valence-corrected chi connectivity index (χ2v) is 8.64. The van der Waals surface area contributed by atoms with Crippen LogP contribution in [0, 0.1) is 0 Å². The highest BCUT2D eigenvalue weighted by atomic mass is 32.1. The number of nitrogens with one attached hydrogen (secondary N) is 1. The Labute approximate surface area is 172 Å². The summed E-state index contributed by atoms with van der Waals surface area (Å²) in [7, 11) is 2.08. The predicted molar refractivity (Wildman–Crippen MR) is 116 cm³/mol.